The molecule has 8 nitrogen and oxygen atoms in total. The molecule has 0 unspecified atom stereocenters. The molecule has 4 N–H and O–H groups in total. The van der Waals surface area contributed by atoms with Gasteiger partial charge in [-0.05, 0) is 23.8 Å². The Morgan fingerprint density at radius 1 is 1.24 bits per heavy atom. The number of rotatable bonds is 4. The number of nitrogens with zero attached hydrogens (tertiary/aromatic N) is 2. The molecule has 132 valence electrons. The highest BCUT2D eigenvalue weighted by Crippen LogP contribution is 2.29. The van der Waals surface area contributed by atoms with Crippen molar-refractivity contribution in [3.05, 3.63) is 42.2 Å². The number of nitrogens with one attached hydrogen (secondary N) is 4. The number of anilines is 2. The molecule has 1 aliphatic rings. The first-order valence-electron chi connectivity index (χ1n) is 8.15. The third-order valence-corrected chi connectivity index (χ3v) is 4.32. The van der Waals surface area contributed by atoms with Crippen LogP contribution in [-0.2, 0) is 11.8 Å². The van der Waals surface area contributed by atoms with Crippen molar-refractivity contribution < 1.29 is 9.59 Å². The molecule has 2 heterocycles. The monoisotopic (exact) mass is 342 g/mol. The van der Waals surface area contributed by atoms with Gasteiger partial charge in [0.15, 0.2) is 0 Å². The third kappa shape index (κ3) is 3.97. The molecule has 1 aromatic carbocycles. The molecule has 0 bridgehead atoms. The fourth-order valence-corrected chi connectivity index (χ4v) is 3.04. The molecular weight excluding hydrogens is 320 g/mol. The second kappa shape index (κ2) is 7.35. The Morgan fingerprint density at radius 3 is 2.68 bits per heavy atom. The van der Waals surface area contributed by atoms with Crippen molar-refractivity contribution >= 4 is 23.3 Å². The number of aromatic nitrogens is 2. The lowest BCUT2D eigenvalue weighted by atomic mass is 9.90. The molecule has 1 fully saturated rings. The van der Waals surface area contributed by atoms with Crippen LogP contribution >= 0.6 is 0 Å². The van der Waals surface area contributed by atoms with E-state index in [4.69, 9.17) is 0 Å². The second-order valence-electron chi connectivity index (χ2n) is 6.09. The van der Waals surface area contributed by atoms with Gasteiger partial charge in [0.1, 0.15) is 0 Å². The van der Waals surface area contributed by atoms with Gasteiger partial charge in [0, 0.05) is 50.7 Å². The zero-order valence-electron chi connectivity index (χ0n) is 14.2. The first kappa shape index (κ1) is 17.0. The normalized spacial score (nSPS) is 19.4. The van der Waals surface area contributed by atoms with Gasteiger partial charge in [-0.2, -0.15) is 5.10 Å². The van der Waals surface area contributed by atoms with Crippen molar-refractivity contribution in [2.24, 2.45) is 13.0 Å². The van der Waals surface area contributed by atoms with Gasteiger partial charge in [0.2, 0.25) is 5.91 Å². The van der Waals surface area contributed by atoms with E-state index in [1.807, 2.05) is 19.4 Å². The minimum Gasteiger partial charge on any atom is -0.341 e. The zero-order chi connectivity index (χ0) is 17.8. The van der Waals surface area contributed by atoms with E-state index in [-0.39, 0.29) is 23.8 Å². The number of hydrogen-bond donors (Lipinski definition) is 4. The van der Waals surface area contributed by atoms with Crippen molar-refractivity contribution in [2.75, 3.05) is 30.8 Å². The highest BCUT2D eigenvalue weighted by atomic mass is 16.2. The molecule has 1 aliphatic heterocycles. The van der Waals surface area contributed by atoms with Gasteiger partial charge in [0.25, 0.3) is 0 Å². The summed E-state index contributed by atoms with van der Waals surface area (Å²) in [5.74, 6) is -0.114. The number of hydrogen-bond acceptors (Lipinski definition) is 4. The molecule has 1 aromatic heterocycles. The average molecular weight is 342 g/mol. The lowest BCUT2D eigenvalue weighted by Gasteiger charge is -2.17. The van der Waals surface area contributed by atoms with Crippen LogP contribution in [0, 0.1) is 5.92 Å². The summed E-state index contributed by atoms with van der Waals surface area (Å²) in [5, 5.41) is 15.6. The standard InChI is InChI=1S/C17H22N6O2/c1-18-17(25)22-13-5-3-4-12(6-13)21-16(24)15-9-19-8-14(15)11-7-20-23(2)10-11/h3-7,10,14-15,19H,8-9H2,1-2H3,(H,21,24)(H2,18,22,25)/t14-,15+/m1/s1. The average Bonchev–Trinajstić information content (AvgIpc) is 3.23. The summed E-state index contributed by atoms with van der Waals surface area (Å²) in [4.78, 5) is 24.1. The first-order chi connectivity index (χ1) is 12.1. The maximum absolute atomic E-state index is 12.7. The molecule has 25 heavy (non-hydrogen) atoms. The summed E-state index contributed by atoms with van der Waals surface area (Å²) in [6, 6.07) is 6.77. The Bertz CT molecular complexity index is 772. The Morgan fingerprint density at radius 2 is 2.00 bits per heavy atom. The van der Waals surface area contributed by atoms with E-state index in [2.05, 4.69) is 26.4 Å². The van der Waals surface area contributed by atoms with Gasteiger partial charge < -0.3 is 21.3 Å². The highest BCUT2D eigenvalue weighted by molar-refractivity contribution is 5.95. The van der Waals surface area contributed by atoms with E-state index < -0.39 is 0 Å². The minimum absolute atomic E-state index is 0.0454. The van der Waals surface area contributed by atoms with E-state index in [9.17, 15) is 9.59 Å². The van der Waals surface area contributed by atoms with Crippen LogP contribution in [0.4, 0.5) is 16.2 Å². The van der Waals surface area contributed by atoms with Gasteiger partial charge in [-0.25, -0.2) is 4.79 Å². The van der Waals surface area contributed by atoms with Crippen LogP contribution in [0.1, 0.15) is 11.5 Å². The second-order valence-corrected chi connectivity index (χ2v) is 6.09. The van der Waals surface area contributed by atoms with Gasteiger partial charge in [-0.3, -0.25) is 9.48 Å². The highest BCUT2D eigenvalue weighted by Gasteiger charge is 2.34. The largest absolute Gasteiger partial charge is 0.341 e. The lowest BCUT2D eigenvalue weighted by Crippen LogP contribution is -2.28. The predicted octanol–water partition coefficient (Wildman–Crippen LogP) is 1.11. The quantitative estimate of drug-likeness (QED) is 0.669. The van der Waals surface area contributed by atoms with Crippen molar-refractivity contribution in [1.29, 1.82) is 0 Å². The van der Waals surface area contributed by atoms with Crippen molar-refractivity contribution in [3.63, 3.8) is 0 Å². The van der Waals surface area contributed by atoms with E-state index in [1.165, 1.54) is 0 Å². The van der Waals surface area contributed by atoms with Gasteiger partial charge >= 0.3 is 6.03 Å². The fraction of sp³-hybridized carbons (Fsp3) is 0.353. The maximum atomic E-state index is 12.7. The Kier molecular flexibility index (Phi) is 4.99. The number of carbonyl (C=O) groups is 2. The van der Waals surface area contributed by atoms with Gasteiger partial charge in [0.05, 0.1) is 12.1 Å². The molecule has 0 aliphatic carbocycles. The van der Waals surface area contributed by atoms with Crippen molar-refractivity contribution in [1.82, 2.24) is 20.4 Å². The molecule has 1 saturated heterocycles. The summed E-state index contributed by atoms with van der Waals surface area (Å²) in [6.45, 7) is 1.38. The molecule has 2 atom stereocenters. The van der Waals surface area contributed by atoms with Crippen LogP contribution in [-0.4, -0.2) is 41.9 Å². The van der Waals surface area contributed by atoms with E-state index in [0.29, 0.717) is 17.9 Å². The van der Waals surface area contributed by atoms with Crippen LogP contribution in [0.3, 0.4) is 0 Å². The minimum atomic E-state index is -0.305. The molecule has 0 radical (unpaired) electrons. The summed E-state index contributed by atoms with van der Waals surface area (Å²) < 4.78 is 1.75. The van der Waals surface area contributed by atoms with Gasteiger partial charge in [-0.15, -0.1) is 0 Å². The molecule has 2 aromatic rings. The molecule has 0 saturated carbocycles. The Balaban J connectivity index is 1.69. The van der Waals surface area contributed by atoms with Crippen LogP contribution in [0.15, 0.2) is 36.7 Å². The summed E-state index contributed by atoms with van der Waals surface area (Å²) in [6.07, 6.45) is 3.76. The molecular formula is C17H22N6O2. The third-order valence-electron chi connectivity index (χ3n) is 4.32. The molecule has 3 rings (SSSR count). The van der Waals surface area contributed by atoms with Crippen LogP contribution < -0.4 is 21.3 Å². The van der Waals surface area contributed by atoms with Crippen LogP contribution in [0.25, 0.3) is 0 Å². The van der Waals surface area contributed by atoms with E-state index in [1.54, 1.807) is 36.0 Å². The summed E-state index contributed by atoms with van der Waals surface area (Å²) in [5.41, 5.74) is 2.32. The number of aryl methyl sites for hydroxylation is 1. The molecule has 8 heteroatoms. The van der Waals surface area contributed by atoms with Crippen molar-refractivity contribution in [3.8, 4) is 0 Å². The number of benzene rings is 1. The van der Waals surface area contributed by atoms with Crippen LogP contribution in [0.2, 0.25) is 0 Å². The SMILES string of the molecule is CNC(=O)Nc1cccc(NC(=O)[C@H]2CNC[C@@H]2c2cnn(C)c2)c1. The first-order valence-corrected chi connectivity index (χ1v) is 8.15. The number of urea groups is 1. The molecule has 3 amide bonds. The topological polar surface area (TPSA) is 100 Å². The zero-order valence-corrected chi connectivity index (χ0v) is 14.2. The Labute approximate surface area is 146 Å². The maximum Gasteiger partial charge on any atom is 0.318 e. The van der Waals surface area contributed by atoms with Gasteiger partial charge in [-0.1, -0.05) is 6.07 Å². The number of carbonyl (C=O) groups excluding carboxylic acids is 2. The predicted molar refractivity (Wildman–Crippen MR) is 95.5 cm³/mol. The summed E-state index contributed by atoms with van der Waals surface area (Å²) in [7, 11) is 3.42. The summed E-state index contributed by atoms with van der Waals surface area (Å²) >= 11 is 0. The van der Waals surface area contributed by atoms with Crippen LogP contribution in [0.5, 0.6) is 0 Å². The molecule has 0 spiro atoms. The van der Waals surface area contributed by atoms with E-state index in [0.717, 1.165) is 12.1 Å². The smallest absolute Gasteiger partial charge is 0.318 e. The Hall–Kier alpha value is -2.87. The fourth-order valence-electron chi connectivity index (χ4n) is 3.04. The van der Waals surface area contributed by atoms with Crippen molar-refractivity contribution in [2.45, 2.75) is 5.92 Å². The number of amides is 3. The van der Waals surface area contributed by atoms with E-state index >= 15 is 0 Å². The lowest BCUT2D eigenvalue weighted by molar-refractivity contribution is -0.119.